The molecular weight excluding hydrogens is 1210 g/mol. The molecule has 4 aromatic carbocycles. The Hall–Kier alpha value is -8.13. The molecule has 5 aliphatic heterocycles. The smallest absolute Gasteiger partial charge is 0.410 e. The van der Waals surface area contributed by atoms with E-state index in [4.69, 9.17) is 18.9 Å². The summed E-state index contributed by atoms with van der Waals surface area (Å²) < 4.78 is 67.2. The summed E-state index contributed by atoms with van der Waals surface area (Å²) in [5, 5.41) is 10.7. The van der Waals surface area contributed by atoms with E-state index in [-0.39, 0.29) is 73.9 Å². The van der Waals surface area contributed by atoms with Crippen LogP contribution in [0.1, 0.15) is 116 Å². The van der Waals surface area contributed by atoms with Crippen LogP contribution in [0.5, 0.6) is 0 Å². The van der Waals surface area contributed by atoms with Gasteiger partial charge in [0.25, 0.3) is 5.91 Å². The summed E-state index contributed by atoms with van der Waals surface area (Å²) in [7, 11) is 1.39. The number of morpholine rings is 1. The molecule has 0 saturated carbocycles. The molecule has 93 heavy (non-hydrogen) atoms. The molecule has 8 amide bonds. The summed E-state index contributed by atoms with van der Waals surface area (Å²) in [5.41, 5.74) is -0.379. The van der Waals surface area contributed by atoms with Crippen molar-refractivity contribution in [2.45, 2.75) is 148 Å². The van der Waals surface area contributed by atoms with Gasteiger partial charge in [-0.05, 0) is 165 Å². The number of hydrogen-bond donors (Lipinski definition) is 4. The second-order valence-electron chi connectivity index (χ2n) is 27.3. The standard InChI is InChI=1S/C68H87F3N10O12/c1-40-33-78(49(35-77-25-28-91-38-41(77)2)36-79(40)65(89)93-67(7,8)9)37-56(83)81-39-68(10,51-22-17-44(30-54(51)81)29-43-15-19-47(69)20-16-43)63(87)72-32-55(82)73-48-21-18-46-34-80(59(50(46)31-48)61(85)75-58-52(70)13-12-14-53(58)71)62(86)57(45-23-26-90-27-24-45)74-60(84)42(3)76(11)64(88)92-66(4,5)6/h12-22,30-31,40-42,45,49,57,59H,23-29,32-39H2,1-11H3,(H,72,87)(H,73,82)(H,74,84)(H,75,85)/t40-,41-,42+,49+,57?,59+,68?/m1/s1. The molecule has 0 radical (unpaired) electrons. The normalized spacial score (nSPS) is 21.8. The first-order valence-electron chi connectivity index (χ1n) is 31.7. The third kappa shape index (κ3) is 16.4. The minimum Gasteiger partial charge on any atom is -0.444 e. The fraction of sp³-hybridized carbons (Fsp3) is 0.529. The average molecular weight is 1290 g/mol. The van der Waals surface area contributed by atoms with Gasteiger partial charge in [0.15, 0.2) is 0 Å². The SMILES string of the molecule is C[C@@H]1COCCN1C[C@H]1CN(C(=O)OC(C)(C)C)[C@H](C)CN1CC(=O)N1CC(C)(C(=O)NCC(=O)Nc2ccc3c(c2)[C@@H](C(=O)Nc2c(F)cccc2F)N(C(=O)C(NC(=O)[C@H](C)N(C)C(=O)OC(C)(C)C)C2CCOCC2)C3)c2ccc(Cc3ccc(F)cc3)cc21. The summed E-state index contributed by atoms with van der Waals surface area (Å²) in [6, 6.07) is 14.7. The molecule has 5 heterocycles. The monoisotopic (exact) mass is 1290 g/mol. The Morgan fingerprint density at radius 1 is 0.774 bits per heavy atom. The average Bonchev–Trinajstić information content (AvgIpc) is 1.61. The fourth-order valence-electron chi connectivity index (χ4n) is 12.7. The fourth-order valence-corrected chi connectivity index (χ4v) is 12.7. The van der Waals surface area contributed by atoms with Crippen LogP contribution in [0.15, 0.2) is 78.9 Å². The van der Waals surface area contributed by atoms with Crippen LogP contribution in [0, 0.1) is 23.4 Å². The van der Waals surface area contributed by atoms with E-state index in [1.54, 1.807) is 61.8 Å². The first kappa shape index (κ1) is 69.2. The van der Waals surface area contributed by atoms with Gasteiger partial charge in [-0.3, -0.25) is 43.5 Å². The maximum atomic E-state index is 15.2. The zero-order valence-electron chi connectivity index (χ0n) is 54.9. The van der Waals surface area contributed by atoms with Crippen molar-refractivity contribution in [2.75, 3.05) is 94.8 Å². The molecule has 3 saturated heterocycles. The highest BCUT2D eigenvalue weighted by atomic mass is 19.1. The summed E-state index contributed by atoms with van der Waals surface area (Å²) in [6.45, 7) is 20.2. The van der Waals surface area contributed by atoms with Gasteiger partial charge in [-0.1, -0.05) is 36.4 Å². The van der Waals surface area contributed by atoms with Crippen molar-refractivity contribution in [1.29, 1.82) is 0 Å². The van der Waals surface area contributed by atoms with Crippen molar-refractivity contribution < 1.29 is 70.5 Å². The molecule has 2 unspecified atom stereocenters. The van der Waals surface area contributed by atoms with Gasteiger partial charge < -0.3 is 54.9 Å². The van der Waals surface area contributed by atoms with Crippen molar-refractivity contribution in [3.05, 3.63) is 124 Å². The van der Waals surface area contributed by atoms with Gasteiger partial charge in [0.2, 0.25) is 29.5 Å². The van der Waals surface area contributed by atoms with Crippen LogP contribution in [0.3, 0.4) is 0 Å². The Bertz CT molecular complexity index is 3450. The van der Waals surface area contributed by atoms with E-state index in [0.29, 0.717) is 75.5 Å². The molecule has 502 valence electrons. The number of rotatable bonds is 17. The zero-order chi connectivity index (χ0) is 67.4. The molecule has 25 heteroatoms. The second kappa shape index (κ2) is 28.6. The number of amides is 8. The third-order valence-corrected chi connectivity index (χ3v) is 17.9. The van der Waals surface area contributed by atoms with E-state index < -0.39 is 106 Å². The number of hydrogen-bond acceptors (Lipinski definition) is 14. The number of carbonyl (C=O) groups excluding carboxylic acids is 8. The number of halogens is 3. The molecule has 22 nitrogen and oxygen atoms in total. The molecule has 4 aromatic rings. The second-order valence-corrected chi connectivity index (χ2v) is 27.3. The first-order valence-corrected chi connectivity index (χ1v) is 31.7. The lowest BCUT2D eigenvalue weighted by molar-refractivity contribution is -0.144. The molecule has 0 aliphatic carbocycles. The largest absolute Gasteiger partial charge is 0.444 e. The molecular formula is C68H87F3N10O12. The summed E-state index contributed by atoms with van der Waals surface area (Å²) >= 11 is 0. The minimum atomic E-state index is -1.57. The summed E-state index contributed by atoms with van der Waals surface area (Å²) in [4.78, 5) is 125. The number of nitrogens with zero attached hydrogens (tertiary/aromatic N) is 6. The number of ether oxygens (including phenoxy) is 4. The van der Waals surface area contributed by atoms with Crippen LogP contribution < -0.4 is 26.2 Å². The molecule has 0 aromatic heterocycles. The predicted molar refractivity (Wildman–Crippen MR) is 340 cm³/mol. The van der Waals surface area contributed by atoms with Gasteiger partial charge in [-0.2, -0.15) is 0 Å². The molecule has 0 spiro atoms. The lowest BCUT2D eigenvalue weighted by atomic mass is 9.83. The first-order chi connectivity index (χ1) is 43.9. The number of likely N-dealkylation sites (N-methyl/N-ethyl adjacent to an activating group) is 1. The number of carbonyl (C=O) groups is 8. The Morgan fingerprint density at radius 2 is 1.45 bits per heavy atom. The maximum absolute atomic E-state index is 15.2. The van der Waals surface area contributed by atoms with Crippen LogP contribution in [0.2, 0.25) is 0 Å². The topological polar surface area (TPSA) is 241 Å². The third-order valence-electron chi connectivity index (χ3n) is 17.9. The van der Waals surface area contributed by atoms with Gasteiger partial charge in [-0.25, -0.2) is 22.8 Å². The van der Waals surface area contributed by atoms with E-state index in [9.17, 15) is 33.2 Å². The maximum Gasteiger partial charge on any atom is 0.410 e. The van der Waals surface area contributed by atoms with Gasteiger partial charge in [0.1, 0.15) is 52.5 Å². The van der Waals surface area contributed by atoms with Crippen LogP contribution in [-0.4, -0.2) is 193 Å². The van der Waals surface area contributed by atoms with E-state index in [1.165, 1.54) is 43.1 Å². The van der Waals surface area contributed by atoms with Crippen molar-refractivity contribution >= 4 is 64.7 Å². The quantitative estimate of drug-likeness (QED) is 0.0813. The highest BCUT2D eigenvalue weighted by Gasteiger charge is 2.49. The minimum absolute atomic E-state index is 0.0611. The van der Waals surface area contributed by atoms with Crippen LogP contribution in [-0.2, 0) is 66.1 Å². The highest BCUT2D eigenvalue weighted by molar-refractivity contribution is 6.05. The summed E-state index contributed by atoms with van der Waals surface area (Å²) in [5.74, 6) is -7.02. The van der Waals surface area contributed by atoms with Crippen LogP contribution >= 0.6 is 0 Å². The van der Waals surface area contributed by atoms with Gasteiger partial charge in [0, 0.05) is 89.0 Å². The lowest BCUT2D eigenvalue weighted by Crippen LogP contribution is -2.64. The Labute approximate surface area is 541 Å². The van der Waals surface area contributed by atoms with Crippen molar-refractivity contribution in [2.24, 2.45) is 5.92 Å². The number of para-hydroxylation sites is 1. The van der Waals surface area contributed by atoms with Gasteiger partial charge in [-0.15, -0.1) is 0 Å². The predicted octanol–water partition coefficient (Wildman–Crippen LogP) is 7.27. The van der Waals surface area contributed by atoms with Crippen LogP contribution in [0.25, 0.3) is 0 Å². The molecule has 5 aliphatic rings. The van der Waals surface area contributed by atoms with E-state index in [2.05, 4.69) is 38.0 Å². The Kier molecular flexibility index (Phi) is 21.3. The molecule has 4 N–H and O–H groups in total. The van der Waals surface area contributed by atoms with Gasteiger partial charge in [0.05, 0.1) is 31.7 Å². The van der Waals surface area contributed by atoms with E-state index >= 15 is 18.4 Å². The zero-order valence-corrected chi connectivity index (χ0v) is 54.9. The number of benzene rings is 4. The van der Waals surface area contributed by atoms with Crippen molar-refractivity contribution in [3.8, 4) is 0 Å². The highest BCUT2D eigenvalue weighted by Crippen LogP contribution is 2.43. The van der Waals surface area contributed by atoms with E-state index in [0.717, 1.165) is 34.2 Å². The molecule has 0 bridgehead atoms. The van der Waals surface area contributed by atoms with Crippen molar-refractivity contribution in [3.63, 3.8) is 0 Å². The van der Waals surface area contributed by atoms with E-state index in [1.807, 2.05) is 39.8 Å². The number of anilines is 3. The van der Waals surface area contributed by atoms with Crippen molar-refractivity contribution in [1.82, 2.24) is 35.1 Å². The number of piperazine rings is 1. The Morgan fingerprint density at radius 3 is 2.12 bits per heavy atom. The molecule has 3 fully saturated rings. The molecule has 7 atom stereocenters. The Balaban J connectivity index is 0.947. The van der Waals surface area contributed by atoms with Crippen LogP contribution in [0.4, 0.5) is 39.8 Å². The summed E-state index contributed by atoms with van der Waals surface area (Å²) in [6.07, 6.45) is -0.153. The number of fused-ring (bicyclic) bond motifs is 2. The molecule has 9 rings (SSSR count). The lowest BCUT2D eigenvalue weighted by Gasteiger charge is -2.47. The number of nitrogens with one attached hydrogen (secondary N) is 4. The van der Waals surface area contributed by atoms with Gasteiger partial charge >= 0.3 is 12.2 Å².